The number of ketones is 1. The number of halogens is 1. The number of carbonyl (C=O) groups excluding carboxylic acids is 2. The maximum atomic E-state index is 11.9. The Morgan fingerprint density at radius 2 is 1.85 bits per heavy atom. The van der Waals surface area contributed by atoms with Crippen LogP contribution in [-0.4, -0.2) is 16.7 Å². The first kappa shape index (κ1) is 14.2. The number of hydrogen-bond donors (Lipinski definition) is 1. The van der Waals surface area contributed by atoms with Crippen LogP contribution in [0.4, 0.5) is 0 Å². The lowest BCUT2D eigenvalue weighted by molar-refractivity contribution is -0.117. The number of carbonyl (C=O) groups is 2. The largest absolute Gasteiger partial charge is 0.345 e. The average molecular weight is 289 g/mol. The van der Waals surface area contributed by atoms with Crippen molar-refractivity contribution in [2.24, 2.45) is 0 Å². The second-order valence-electron chi connectivity index (χ2n) is 4.37. The quantitative estimate of drug-likeness (QED) is 0.534. The van der Waals surface area contributed by atoms with Crippen molar-refractivity contribution in [3.63, 3.8) is 0 Å². The van der Waals surface area contributed by atoms with Gasteiger partial charge in [-0.1, -0.05) is 47.5 Å². The second kappa shape index (κ2) is 6.30. The second-order valence-corrected chi connectivity index (χ2v) is 4.75. The van der Waals surface area contributed by atoms with Crippen LogP contribution in [0.3, 0.4) is 0 Å². The Labute approximate surface area is 121 Å². The summed E-state index contributed by atoms with van der Waals surface area (Å²) in [6, 6.07) is 10.2. The Balaban J connectivity index is 1.96. The summed E-state index contributed by atoms with van der Waals surface area (Å²) in [7, 11) is 0. The van der Waals surface area contributed by atoms with E-state index in [1.165, 1.54) is 0 Å². The summed E-state index contributed by atoms with van der Waals surface area (Å²) in [6.07, 6.45) is 1.55. The molecule has 20 heavy (non-hydrogen) atoms. The minimum Gasteiger partial charge on any atom is -0.345 e. The van der Waals surface area contributed by atoms with Crippen molar-refractivity contribution in [2.45, 2.75) is 13.5 Å². The summed E-state index contributed by atoms with van der Waals surface area (Å²) >= 11 is 5.67. The molecule has 0 aliphatic rings. The van der Waals surface area contributed by atoms with Crippen LogP contribution in [0, 0.1) is 6.92 Å². The number of rotatable bonds is 4. The van der Waals surface area contributed by atoms with Crippen molar-refractivity contribution >= 4 is 23.3 Å². The Hall–Kier alpha value is -2.20. The number of benzene rings is 1. The molecule has 1 heterocycles. The zero-order valence-corrected chi connectivity index (χ0v) is 11.6. The number of aromatic nitrogens is 1. The van der Waals surface area contributed by atoms with Gasteiger partial charge in [-0.15, -0.1) is 0 Å². The van der Waals surface area contributed by atoms with Gasteiger partial charge in [0.05, 0.1) is 0 Å². The zero-order valence-electron chi connectivity index (χ0n) is 10.9. The molecule has 0 fully saturated rings. The number of amides is 1. The monoisotopic (exact) mass is 288 g/mol. The molecule has 2 aromatic rings. The van der Waals surface area contributed by atoms with E-state index in [1.807, 2.05) is 6.92 Å². The maximum absolute atomic E-state index is 11.9. The highest BCUT2D eigenvalue weighted by atomic mass is 35.5. The van der Waals surface area contributed by atoms with Crippen LogP contribution in [0.2, 0.25) is 5.15 Å². The molecule has 4 nitrogen and oxygen atoms in total. The van der Waals surface area contributed by atoms with Gasteiger partial charge in [-0.2, -0.15) is 0 Å². The third kappa shape index (κ3) is 3.65. The molecule has 102 valence electrons. The van der Waals surface area contributed by atoms with E-state index < -0.39 is 11.7 Å². The number of nitrogens with zero attached hydrogens (tertiary/aromatic N) is 1. The zero-order chi connectivity index (χ0) is 14.5. The molecule has 0 radical (unpaired) electrons. The molecule has 0 atom stereocenters. The molecule has 1 amide bonds. The summed E-state index contributed by atoms with van der Waals surface area (Å²) in [4.78, 5) is 27.5. The molecule has 0 spiro atoms. The summed E-state index contributed by atoms with van der Waals surface area (Å²) in [5.41, 5.74) is 2.19. The molecule has 1 aromatic heterocycles. The molecule has 0 aliphatic carbocycles. The van der Waals surface area contributed by atoms with E-state index in [2.05, 4.69) is 10.3 Å². The molecule has 1 aromatic carbocycles. The molecule has 0 saturated heterocycles. The fourth-order valence-corrected chi connectivity index (χ4v) is 1.72. The van der Waals surface area contributed by atoms with E-state index in [4.69, 9.17) is 11.6 Å². The van der Waals surface area contributed by atoms with Crippen LogP contribution >= 0.6 is 11.6 Å². The fourth-order valence-electron chi connectivity index (χ4n) is 1.61. The number of aryl methyl sites for hydroxylation is 1. The van der Waals surface area contributed by atoms with Crippen molar-refractivity contribution < 1.29 is 9.59 Å². The highest BCUT2D eigenvalue weighted by Crippen LogP contribution is 2.06. The van der Waals surface area contributed by atoms with Gasteiger partial charge < -0.3 is 5.32 Å². The lowest BCUT2D eigenvalue weighted by atomic mass is 10.1. The van der Waals surface area contributed by atoms with Crippen LogP contribution in [0.25, 0.3) is 0 Å². The van der Waals surface area contributed by atoms with Gasteiger partial charge in [0.1, 0.15) is 5.15 Å². The minimum absolute atomic E-state index is 0.237. The minimum atomic E-state index is -0.635. The SMILES string of the molecule is Cc1ccc(C(=O)C(=O)NCc2ccc(Cl)nc2)cc1. The molecular formula is C15H13ClN2O2. The Morgan fingerprint density at radius 1 is 1.15 bits per heavy atom. The van der Waals surface area contributed by atoms with E-state index in [1.54, 1.807) is 42.6 Å². The standard InChI is InChI=1S/C15H13ClN2O2/c1-10-2-5-12(6-3-10)14(19)15(20)18-9-11-4-7-13(16)17-8-11/h2-8H,9H2,1H3,(H,18,20). The average Bonchev–Trinajstić information content (AvgIpc) is 2.46. The van der Waals surface area contributed by atoms with Gasteiger partial charge in [-0.05, 0) is 18.6 Å². The molecule has 2 rings (SSSR count). The first-order chi connectivity index (χ1) is 9.56. The highest BCUT2D eigenvalue weighted by molar-refractivity contribution is 6.42. The van der Waals surface area contributed by atoms with Crippen molar-refractivity contribution in [3.05, 3.63) is 64.4 Å². The number of hydrogen-bond acceptors (Lipinski definition) is 3. The maximum Gasteiger partial charge on any atom is 0.292 e. The lowest BCUT2D eigenvalue weighted by Gasteiger charge is -2.05. The van der Waals surface area contributed by atoms with Crippen LogP contribution < -0.4 is 5.32 Å². The first-order valence-corrected chi connectivity index (χ1v) is 6.43. The smallest absolute Gasteiger partial charge is 0.292 e. The Morgan fingerprint density at radius 3 is 2.45 bits per heavy atom. The van der Waals surface area contributed by atoms with Crippen molar-refractivity contribution in [2.75, 3.05) is 0 Å². The molecule has 5 heteroatoms. The van der Waals surface area contributed by atoms with Crippen LogP contribution in [0.5, 0.6) is 0 Å². The van der Waals surface area contributed by atoms with E-state index in [0.717, 1.165) is 11.1 Å². The van der Waals surface area contributed by atoms with Crippen LogP contribution in [-0.2, 0) is 11.3 Å². The third-order valence-corrected chi connectivity index (χ3v) is 2.99. The molecule has 0 saturated carbocycles. The number of Topliss-reactive ketones (excluding diaryl/α,β-unsaturated/α-hetero) is 1. The fraction of sp³-hybridized carbons (Fsp3) is 0.133. The normalized spacial score (nSPS) is 10.1. The predicted molar refractivity (Wildman–Crippen MR) is 76.6 cm³/mol. The lowest BCUT2D eigenvalue weighted by Crippen LogP contribution is -2.30. The predicted octanol–water partition coefficient (Wildman–Crippen LogP) is 2.54. The van der Waals surface area contributed by atoms with E-state index in [0.29, 0.717) is 10.7 Å². The molecule has 1 N–H and O–H groups in total. The molecule has 0 unspecified atom stereocenters. The van der Waals surface area contributed by atoms with Crippen LogP contribution in [0.1, 0.15) is 21.5 Å². The summed E-state index contributed by atoms with van der Waals surface area (Å²) in [5.74, 6) is -1.18. The highest BCUT2D eigenvalue weighted by Gasteiger charge is 2.15. The van der Waals surface area contributed by atoms with Gasteiger partial charge in [0, 0.05) is 18.3 Å². The van der Waals surface area contributed by atoms with Gasteiger partial charge in [-0.3, -0.25) is 9.59 Å². The first-order valence-electron chi connectivity index (χ1n) is 6.06. The van der Waals surface area contributed by atoms with Gasteiger partial charge in [0.15, 0.2) is 0 Å². The van der Waals surface area contributed by atoms with Gasteiger partial charge >= 0.3 is 0 Å². The molecular weight excluding hydrogens is 276 g/mol. The Kier molecular flexibility index (Phi) is 4.48. The molecule has 0 bridgehead atoms. The van der Waals surface area contributed by atoms with Crippen molar-refractivity contribution in [3.8, 4) is 0 Å². The van der Waals surface area contributed by atoms with Crippen LogP contribution in [0.15, 0.2) is 42.6 Å². The van der Waals surface area contributed by atoms with Gasteiger partial charge in [-0.25, -0.2) is 4.98 Å². The Bertz CT molecular complexity index is 621. The topological polar surface area (TPSA) is 59.1 Å². The van der Waals surface area contributed by atoms with E-state index in [9.17, 15) is 9.59 Å². The van der Waals surface area contributed by atoms with Crippen molar-refractivity contribution in [1.82, 2.24) is 10.3 Å². The summed E-state index contributed by atoms with van der Waals surface area (Å²) < 4.78 is 0. The third-order valence-electron chi connectivity index (χ3n) is 2.76. The van der Waals surface area contributed by atoms with Gasteiger partial charge in [0.2, 0.25) is 5.78 Å². The van der Waals surface area contributed by atoms with Gasteiger partial charge in [0.25, 0.3) is 5.91 Å². The van der Waals surface area contributed by atoms with Crippen molar-refractivity contribution in [1.29, 1.82) is 0 Å². The molecule has 0 aliphatic heterocycles. The van der Waals surface area contributed by atoms with E-state index in [-0.39, 0.29) is 6.54 Å². The number of pyridine rings is 1. The summed E-state index contributed by atoms with van der Waals surface area (Å²) in [6.45, 7) is 2.16. The summed E-state index contributed by atoms with van der Waals surface area (Å²) in [5, 5.41) is 2.94. The van der Waals surface area contributed by atoms with E-state index >= 15 is 0 Å². The number of nitrogens with one attached hydrogen (secondary N) is 1.